The third-order valence-corrected chi connectivity index (χ3v) is 4.97. The summed E-state index contributed by atoms with van der Waals surface area (Å²) in [5.74, 6) is 0.637. The van der Waals surface area contributed by atoms with Gasteiger partial charge in [0.15, 0.2) is 0 Å². The highest BCUT2D eigenvalue weighted by Crippen LogP contribution is 2.22. The standard InChI is InChI=1S/C25H32N4O3/c1-6-14-30-23-13-11-18(2)27-22(23)15-26-31-16-25(4,5)17-32-29-21-9-7-8-20-12-10-19(3)28-24(20)21/h6,10-13,15H,1,7-9,14,16-17H2,2-5H3/b26-15+,29-21+. The number of oxime groups is 2. The molecule has 32 heavy (non-hydrogen) atoms. The van der Waals surface area contributed by atoms with Crippen molar-refractivity contribution in [2.75, 3.05) is 19.8 Å². The largest absolute Gasteiger partial charge is 0.487 e. The van der Waals surface area contributed by atoms with Gasteiger partial charge in [-0.1, -0.05) is 42.9 Å². The fraction of sp³-hybridized carbons (Fsp3) is 0.440. The Morgan fingerprint density at radius 1 is 1.03 bits per heavy atom. The molecule has 1 aliphatic carbocycles. The molecule has 2 aromatic heterocycles. The summed E-state index contributed by atoms with van der Waals surface area (Å²) < 4.78 is 5.62. The number of fused-ring (bicyclic) bond motifs is 1. The second kappa shape index (κ2) is 10.9. The summed E-state index contributed by atoms with van der Waals surface area (Å²) in [5, 5.41) is 8.48. The fourth-order valence-electron chi connectivity index (χ4n) is 3.24. The normalized spacial score (nSPS) is 14.9. The van der Waals surface area contributed by atoms with E-state index < -0.39 is 0 Å². The summed E-state index contributed by atoms with van der Waals surface area (Å²) in [6.07, 6.45) is 6.23. The molecule has 0 saturated carbocycles. The molecule has 0 radical (unpaired) electrons. The van der Waals surface area contributed by atoms with E-state index in [2.05, 4.69) is 32.9 Å². The van der Waals surface area contributed by atoms with Gasteiger partial charge < -0.3 is 14.4 Å². The van der Waals surface area contributed by atoms with Crippen molar-refractivity contribution < 1.29 is 14.4 Å². The van der Waals surface area contributed by atoms with Crippen LogP contribution in [0.3, 0.4) is 0 Å². The predicted octanol–water partition coefficient (Wildman–Crippen LogP) is 4.79. The number of aryl methyl sites for hydroxylation is 3. The molecule has 3 rings (SSSR count). The summed E-state index contributed by atoms with van der Waals surface area (Å²) >= 11 is 0. The van der Waals surface area contributed by atoms with Crippen molar-refractivity contribution in [2.24, 2.45) is 15.7 Å². The Kier molecular flexibility index (Phi) is 7.98. The highest BCUT2D eigenvalue weighted by atomic mass is 16.6. The molecule has 0 fully saturated rings. The minimum atomic E-state index is -0.277. The van der Waals surface area contributed by atoms with Gasteiger partial charge in [0, 0.05) is 16.8 Å². The van der Waals surface area contributed by atoms with Gasteiger partial charge in [-0.2, -0.15) is 0 Å². The third-order valence-electron chi connectivity index (χ3n) is 4.97. The maximum absolute atomic E-state index is 5.70. The highest BCUT2D eigenvalue weighted by Gasteiger charge is 2.22. The molecule has 170 valence electrons. The number of aromatic nitrogens is 2. The number of pyridine rings is 2. The summed E-state index contributed by atoms with van der Waals surface area (Å²) in [5.41, 5.74) is 5.33. The van der Waals surface area contributed by atoms with Gasteiger partial charge in [0.25, 0.3) is 0 Å². The Hall–Kier alpha value is -3.22. The summed E-state index contributed by atoms with van der Waals surface area (Å²) in [4.78, 5) is 20.3. The van der Waals surface area contributed by atoms with Crippen LogP contribution in [-0.2, 0) is 16.1 Å². The minimum Gasteiger partial charge on any atom is -0.487 e. The lowest BCUT2D eigenvalue weighted by Gasteiger charge is -2.22. The van der Waals surface area contributed by atoms with E-state index in [1.165, 1.54) is 5.56 Å². The average molecular weight is 437 g/mol. The molecule has 0 N–H and O–H groups in total. The topological polar surface area (TPSA) is 78.2 Å². The molecule has 0 saturated heterocycles. The zero-order valence-corrected chi connectivity index (χ0v) is 19.4. The van der Waals surface area contributed by atoms with Crippen LogP contribution in [0, 0.1) is 19.3 Å². The number of hydrogen-bond acceptors (Lipinski definition) is 7. The van der Waals surface area contributed by atoms with Crippen molar-refractivity contribution in [1.82, 2.24) is 9.97 Å². The van der Waals surface area contributed by atoms with E-state index >= 15 is 0 Å². The Morgan fingerprint density at radius 2 is 1.78 bits per heavy atom. The predicted molar refractivity (Wildman–Crippen MR) is 126 cm³/mol. The van der Waals surface area contributed by atoms with E-state index in [-0.39, 0.29) is 5.41 Å². The lowest BCUT2D eigenvalue weighted by atomic mass is 9.94. The Bertz CT molecular complexity index is 999. The lowest BCUT2D eigenvalue weighted by Crippen LogP contribution is -2.24. The van der Waals surface area contributed by atoms with Crippen LogP contribution in [0.2, 0.25) is 0 Å². The summed E-state index contributed by atoms with van der Waals surface area (Å²) in [6.45, 7) is 12.8. The van der Waals surface area contributed by atoms with Crippen LogP contribution in [-0.4, -0.2) is 41.7 Å². The zero-order valence-electron chi connectivity index (χ0n) is 19.4. The van der Waals surface area contributed by atoms with Crippen molar-refractivity contribution >= 4 is 11.9 Å². The van der Waals surface area contributed by atoms with E-state index in [0.717, 1.165) is 42.1 Å². The second-order valence-electron chi connectivity index (χ2n) is 8.73. The van der Waals surface area contributed by atoms with Crippen molar-refractivity contribution in [3.63, 3.8) is 0 Å². The average Bonchev–Trinajstić information content (AvgIpc) is 2.76. The first kappa shape index (κ1) is 23.4. The third kappa shape index (κ3) is 6.64. The second-order valence-corrected chi connectivity index (χ2v) is 8.73. The molecule has 0 aromatic carbocycles. The van der Waals surface area contributed by atoms with Crippen LogP contribution in [0.1, 0.15) is 55.0 Å². The van der Waals surface area contributed by atoms with Crippen molar-refractivity contribution in [2.45, 2.75) is 47.0 Å². The number of hydrogen-bond donors (Lipinski definition) is 0. The summed E-state index contributed by atoms with van der Waals surface area (Å²) in [6, 6.07) is 7.94. The molecule has 0 spiro atoms. The number of nitrogens with zero attached hydrogens (tertiary/aromatic N) is 4. The Labute approximate surface area is 190 Å². The Morgan fingerprint density at radius 3 is 2.59 bits per heavy atom. The molecule has 0 unspecified atom stereocenters. The van der Waals surface area contributed by atoms with Crippen molar-refractivity contribution in [3.8, 4) is 5.75 Å². The SMILES string of the molecule is C=CCOc1ccc(C)nc1/C=N/OCC(C)(C)CO/N=C1\CCCc2ccc(C)nc21. The molecule has 0 atom stereocenters. The smallest absolute Gasteiger partial charge is 0.147 e. The number of rotatable bonds is 10. The van der Waals surface area contributed by atoms with Crippen LogP contribution in [0.5, 0.6) is 5.75 Å². The monoisotopic (exact) mass is 436 g/mol. The van der Waals surface area contributed by atoms with Gasteiger partial charge in [0.2, 0.25) is 0 Å². The molecule has 0 aliphatic heterocycles. The molecule has 2 aromatic rings. The first-order valence-corrected chi connectivity index (χ1v) is 10.9. The van der Waals surface area contributed by atoms with Crippen molar-refractivity contribution in [3.05, 3.63) is 65.3 Å². The zero-order chi connectivity index (χ0) is 23.0. The molecule has 7 nitrogen and oxygen atoms in total. The summed E-state index contributed by atoms with van der Waals surface area (Å²) in [7, 11) is 0. The van der Waals surface area contributed by atoms with Gasteiger partial charge in [0.1, 0.15) is 37.0 Å². The molecule has 0 bridgehead atoms. The number of ether oxygens (including phenoxy) is 1. The van der Waals surface area contributed by atoms with Crippen LogP contribution in [0.25, 0.3) is 0 Å². The van der Waals surface area contributed by atoms with Crippen LogP contribution in [0.4, 0.5) is 0 Å². The molecule has 2 heterocycles. The molecule has 0 amide bonds. The van der Waals surface area contributed by atoms with E-state index in [1.807, 2.05) is 45.9 Å². The van der Waals surface area contributed by atoms with Gasteiger partial charge in [-0.05, 0) is 56.9 Å². The van der Waals surface area contributed by atoms with Gasteiger partial charge in [-0.3, -0.25) is 4.98 Å². The quantitative estimate of drug-likeness (QED) is 0.304. The fourth-order valence-corrected chi connectivity index (χ4v) is 3.24. The highest BCUT2D eigenvalue weighted by molar-refractivity contribution is 6.00. The minimum absolute atomic E-state index is 0.277. The van der Waals surface area contributed by atoms with Gasteiger partial charge in [-0.25, -0.2) is 4.98 Å². The maximum atomic E-state index is 5.70. The van der Waals surface area contributed by atoms with Crippen molar-refractivity contribution in [1.29, 1.82) is 0 Å². The molecule has 1 aliphatic rings. The molecular weight excluding hydrogens is 404 g/mol. The first-order chi connectivity index (χ1) is 15.4. The van der Waals surface area contributed by atoms with E-state index in [1.54, 1.807) is 12.3 Å². The Balaban J connectivity index is 1.54. The molecule has 7 heteroatoms. The van der Waals surface area contributed by atoms with Crippen LogP contribution >= 0.6 is 0 Å². The maximum Gasteiger partial charge on any atom is 0.147 e. The van der Waals surface area contributed by atoms with E-state index in [0.29, 0.717) is 31.3 Å². The first-order valence-electron chi connectivity index (χ1n) is 10.9. The van der Waals surface area contributed by atoms with Gasteiger partial charge in [-0.15, -0.1) is 0 Å². The van der Waals surface area contributed by atoms with E-state index in [9.17, 15) is 0 Å². The molecular formula is C25H32N4O3. The van der Waals surface area contributed by atoms with E-state index in [4.69, 9.17) is 14.4 Å². The van der Waals surface area contributed by atoms with Gasteiger partial charge in [0.05, 0.1) is 11.9 Å². The van der Waals surface area contributed by atoms with Crippen LogP contribution in [0.15, 0.2) is 47.2 Å². The lowest BCUT2D eigenvalue weighted by molar-refractivity contribution is 0.000286. The van der Waals surface area contributed by atoms with Gasteiger partial charge >= 0.3 is 0 Å². The van der Waals surface area contributed by atoms with Crippen LogP contribution < -0.4 is 4.74 Å².